The van der Waals surface area contributed by atoms with Crippen LogP contribution in [0.2, 0.25) is 0 Å². The lowest BCUT2D eigenvalue weighted by atomic mass is 9.91. The van der Waals surface area contributed by atoms with Crippen molar-refractivity contribution in [2.24, 2.45) is 5.92 Å². The number of ether oxygens (including phenoxy) is 2. The number of anilines is 1. The molecule has 1 aromatic heterocycles. The minimum atomic E-state index is -1.01. The molecule has 3 aromatic carbocycles. The van der Waals surface area contributed by atoms with Gasteiger partial charge in [-0.2, -0.15) is 0 Å². The van der Waals surface area contributed by atoms with Gasteiger partial charge in [0.15, 0.2) is 10.6 Å². The second kappa shape index (κ2) is 12.9. The van der Waals surface area contributed by atoms with Crippen LogP contribution >= 0.6 is 23.1 Å². The van der Waals surface area contributed by atoms with Crippen molar-refractivity contribution < 1.29 is 29.3 Å². The fourth-order valence-electron chi connectivity index (χ4n) is 4.54. The first kappa shape index (κ1) is 28.3. The average Bonchev–Trinajstić information content (AvgIpc) is 3.39. The first-order valence-corrected chi connectivity index (χ1v) is 14.8. The number of aliphatic hydroxyl groups is 1. The van der Waals surface area contributed by atoms with Crippen molar-refractivity contribution in [3.05, 3.63) is 89.5 Å². The lowest BCUT2D eigenvalue weighted by Crippen LogP contribution is -2.38. The molecule has 40 heavy (non-hydrogen) atoms. The molecule has 4 atom stereocenters. The topological polar surface area (TPSA) is 118 Å². The standard InChI is InChI=1S/C30H30N2O6S2/c1-18-24(17-39-30-32-23-4-2-3-5-25(23)40-30)37-29(38-28(18)20-8-6-19(16-33)7-9-20)21-10-12-22(13-11-21)31-26(34)14-15-27(35)36/h2-13,18,24,28-29,33H,14-17H2,1H3,(H,31,34)(H,35,36). The first-order chi connectivity index (χ1) is 19.4. The van der Waals surface area contributed by atoms with E-state index in [0.29, 0.717) is 11.4 Å². The van der Waals surface area contributed by atoms with Crippen LogP contribution in [0.25, 0.3) is 10.2 Å². The van der Waals surface area contributed by atoms with E-state index in [2.05, 4.69) is 18.3 Å². The zero-order valence-corrected chi connectivity index (χ0v) is 23.5. The second-order valence-corrected chi connectivity index (χ2v) is 11.9. The number of thiazole rings is 1. The van der Waals surface area contributed by atoms with Crippen LogP contribution < -0.4 is 5.32 Å². The van der Waals surface area contributed by atoms with Gasteiger partial charge in [-0.05, 0) is 35.4 Å². The Kier molecular flexibility index (Phi) is 9.13. The number of rotatable bonds is 10. The number of benzene rings is 3. The number of fused-ring (bicyclic) bond motifs is 1. The van der Waals surface area contributed by atoms with Crippen molar-refractivity contribution in [2.75, 3.05) is 11.1 Å². The maximum Gasteiger partial charge on any atom is 0.303 e. The number of thioether (sulfide) groups is 1. The van der Waals surface area contributed by atoms with Gasteiger partial charge in [-0.25, -0.2) is 4.98 Å². The number of carbonyl (C=O) groups is 2. The summed E-state index contributed by atoms with van der Waals surface area (Å²) in [5, 5.41) is 21.0. The summed E-state index contributed by atoms with van der Waals surface area (Å²) in [7, 11) is 0. The predicted octanol–water partition coefficient (Wildman–Crippen LogP) is 6.18. The first-order valence-electron chi connectivity index (χ1n) is 13.0. The van der Waals surface area contributed by atoms with Crippen LogP contribution in [0, 0.1) is 5.92 Å². The van der Waals surface area contributed by atoms with E-state index < -0.39 is 12.3 Å². The zero-order valence-electron chi connectivity index (χ0n) is 21.9. The third-order valence-electron chi connectivity index (χ3n) is 6.80. The molecular weight excluding hydrogens is 548 g/mol. The molecular formula is C30H30N2O6S2. The van der Waals surface area contributed by atoms with E-state index in [0.717, 1.165) is 31.2 Å². The molecule has 3 N–H and O–H groups in total. The van der Waals surface area contributed by atoms with Gasteiger partial charge >= 0.3 is 5.97 Å². The van der Waals surface area contributed by atoms with Gasteiger partial charge in [-0.3, -0.25) is 9.59 Å². The molecule has 0 saturated carbocycles. The van der Waals surface area contributed by atoms with Gasteiger partial charge in [0.1, 0.15) is 0 Å². The van der Waals surface area contributed by atoms with E-state index in [1.54, 1.807) is 35.2 Å². The number of aliphatic carboxylic acids is 1. The van der Waals surface area contributed by atoms with Crippen molar-refractivity contribution in [2.45, 2.75) is 49.2 Å². The molecule has 0 aliphatic carbocycles. The molecule has 2 heterocycles. The van der Waals surface area contributed by atoms with E-state index in [4.69, 9.17) is 19.6 Å². The summed E-state index contributed by atoms with van der Waals surface area (Å²) in [4.78, 5) is 27.5. The smallest absolute Gasteiger partial charge is 0.303 e. The van der Waals surface area contributed by atoms with Crippen LogP contribution in [0.4, 0.5) is 5.69 Å². The number of hydrogen-bond acceptors (Lipinski definition) is 8. The highest BCUT2D eigenvalue weighted by atomic mass is 32.2. The quantitative estimate of drug-likeness (QED) is 0.191. The fraction of sp³-hybridized carbons (Fsp3) is 0.300. The lowest BCUT2D eigenvalue weighted by Gasteiger charge is -2.41. The van der Waals surface area contributed by atoms with Gasteiger partial charge < -0.3 is 25.0 Å². The third-order valence-corrected chi connectivity index (χ3v) is 9.07. The van der Waals surface area contributed by atoms with Crippen LogP contribution in [0.3, 0.4) is 0 Å². The van der Waals surface area contributed by atoms with E-state index >= 15 is 0 Å². The molecule has 10 heteroatoms. The maximum atomic E-state index is 12.0. The van der Waals surface area contributed by atoms with E-state index in [9.17, 15) is 14.7 Å². The Hall–Kier alpha value is -3.28. The van der Waals surface area contributed by atoms with Crippen molar-refractivity contribution in [1.29, 1.82) is 0 Å². The molecule has 1 saturated heterocycles. The Labute approximate surface area is 240 Å². The molecule has 0 bridgehead atoms. The Morgan fingerprint density at radius 2 is 1.70 bits per heavy atom. The Balaban J connectivity index is 1.33. The molecule has 1 amide bonds. The minimum absolute atomic E-state index is 0.0201. The number of hydrogen-bond donors (Lipinski definition) is 3. The molecule has 208 valence electrons. The Morgan fingerprint density at radius 1 is 0.975 bits per heavy atom. The summed E-state index contributed by atoms with van der Waals surface area (Å²) in [6, 6.07) is 23.1. The monoisotopic (exact) mass is 578 g/mol. The molecule has 0 radical (unpaired) electrons. The number of carbonyl (C=O) groups excluding carboxylic acids is 1. The summed E-state index contributed by atoms with van der Waals surface area (Å²) in [6.07, 6.45) is -1.30. The van der Waals surface area contributed by atoms with Crippen LogP contribution in [0.1, 0.15) is 48.8 Å². The van der Waals surface area contributed by atoms with Gasteiger partial charge in [0.25, 0.3) is 0 Å². The summed E-state index contributed by atoms with van der Waals surface area (Å²) in [5.41, 5.74) is 4.22. The molecule has 1 aliphatic rings. The van der Waals surface area contributed by atoms with Crippen LogP contribution in [-0.4, -0.2) is 38.9 Å². The van der Waals surface area contributed by atoms with Crippen molar-refractivity contribution in [3.63, 3.8) is 0 Å². The van der Waals surface area contributed by atoms with Gasteiger partial charge in [0.2, 0.25) is 5.91 Å². The fourth-order valence-corrected chi connectivity index (χ4v) is 6.80. The average molecular weight is 579 g/mol. The number of nitrogens with one attached hydrogen (secondary N) is 1. The molecule has 8 nitrogen and oxygen atoms in total. The summed E-state index contributed by atoms with van der Waals surface area (Å²) < 4.78 is 15.2. The number of aromatic nitrogens is 1. The highest BCUT2D eigenvalue weighted by molar-refractivity contribution is 8.01. The number of nitrogens with zero attached hydrogens (tertiary/aromatic N) is 1. The highest BCUT2D eigenvalue weighted by Gasteiger charge is 2.38. The number of carboxylic acid groups (broad SMARTS) is 1. The largest absolute Gasteiger partial charge is 0.481 e. The number of amides is 1. The predicted molar refractivity (Wildman–Crippen MR) is 155 cm³/mol. The number of aliphatic hydroxyl groups excluding tert-OH is 1. The van der Waals surface area contributed by atoms with Crippen molar-refractivity contribution in [1.82, 2.24) is 4.98 Å². The SMILES string of the molecule is CC1C(CSc2nc3ccccc3s2)OC(c2ccc(NC(=O)CCC(=O)O)cc2)OC1c1ccc(CO)cc1. The summed E-state index contributed by atoms with van der Waals surface area (Å²) >= 11 is 3.35. The zero-order chi connectivity index (χ0) is 28.1. The summed E-state index contributed by atoms with van der Waals surface area (Å²) in [6.45, 7) is 2.11. The molecule has 0 spiro atoms. The number of carboxylic acids is 1. The molecule has 1 aliphatic heterocycles. The van der Waals surface area contributed by atoms with E-state index in [1.165, 1.54) is 0 Å². The third kappa shape index (κ3) is 6.89. The second-order valence-electron chi connectivity index (χ2n) is 9.64. The van der Waals surface area contributed by atoms with Crippen molar-refractivity contribution in [3.8, 4) is 0 Å². The molecule has 4 unspecified atom stereocenters. The van der Waals surface area contributed by atoms with Gasteiger partial charge in [0.05, 0.1) is 35.5 Å². The molecule has 5 rings (SSSR count). The molecule has 1 fully saturated rings. The van der Waals surface area contributed by atoms with Crippen molar-refractivity contribution >= 4 is 50.9 Å². The normalized spacial score (nSPS) is 20.9. The number of para-hydroxylation sites is 1. The summed E-state index contributed by atoms with van der Waals surface area (Å²) in [5.74, 6) is -0.620. The minimum Gasteiger partial charge on any atom is -0.481 e. The van der Waals surface area contributed by atoms with Crippen LogP contribution in [0.5, 0.6) is 0 Å². The Morgan fingerprint density at radius 3 is 2.40 bits per heavy atom. The molecule has 4 aromatic rings. The van der Waals surface area contributed by atoms with E-state index in [-0.39, 0.29) is 43.5 Å². The maximum absolute atomic E-state index is 12.0. The highest BCUT2D eigenvalue weighted by Crippen LogP contribution is 2.43. The van der Waals surface area contributed by atoms with Gasteiger partial charge in [-0.15, -0.1) is 11.3 Å². The van der Waals surface area contributed by atoms with E-state index in [1.807, 2.05) is 54.6 Å². The van der Waals surface area contributed by atoms with Crippen LogP contribution in [-0.2, 0) is 25.7 Å². The van der Waals surface area contributed by atoms with Crippen LogP contribution in [0.15, 0.2) is 77.1 Å². The lowest BCUT2D eigenvalue weighted by molar-refractivity contribution is -0.268. The van der Waals surface area contributed by atoms with Gasteiger partial charge in [0, 0.05) is 29.3 Å². The Bertz CT molecular complexity index is 1420. The van der Waals surface area contributed by atoms with Gasteiger partial charge in [-0.1, -0.05) is 67.2 Å².